The maximum absolute atomic E-state index is 16.2. The number of benzene rings is 1. The third-order valence-corrected chi connectivity index (χ3v) is 6.48. The summed E-state index contributed by atoms with van der Waals surface area (Å²) < 4.78 is 104. The van der Waals surface area contributed by atoms with Gasteiger partial charge in [-0.25, -0.2) is 22.2 Å². The molecule has 0 saturated heterocycles. The molecule has 0 aliphatic heterocycles. The van der Waals surface area contributed by atoms with Gasteiger partial charge in [0.05, 0.1) is 6.54 Å². The van der Waals surface area contributed by atoms with E-state index in [0.717, 1.165) is 30.3 Å². The summed E-state index contributed by atoms with van der Waals surface area (Å²) in [6.07, 6.45) is -7.65. The number of rotatable bonds is 6. The molecule has 3 fully saturated rings. The van der Waals surface area contributed by atoms with Crippen molar-refractivity contribution in [2.24, 2.45) is 10.8 Å². The van der Waals surface area contributed by atoms with Crippen molar-refractivity contribution >= 4 is 0 Å². The van der Waals surface area contributed by atoms with Crippen LogP contribution in [-0.4, -0.2) is 50.6 Å². The van der Waals surface area contributed by atoms with E-state index in [1.807, 2.05) is 0 Å². The van der Waals surface area contributed by atoms with Crippen molar-refractivity contribution in [1.82, 2.24) is 20.2 Å². The van der Waals surface area contributed by atoms with Crippen LogP contribution in [0.15, 0.2) is 24.5 Å². The van der Waals surface area contributed by atoms with E-state index in [4.69, 9.17) is 9.84 Å². The summed E-state index contributed by atoms with van der Waals surface area (Å²) in [6.45, 7) is -0.723. The number of hydrogen-bond donors (Lipinski definition) is 1. The number of aromatic nitrogens is 4. The van der Waals surface area contributed by atoms with Crippen LogP contribution in [0.4, 0.5) is 30.7 Å². The van der Waals surface area contributed by atoms with Gasteiger partial charge in [0.2, 0.25) is 6.10 Å². The van der Waals surface area contributed by atoms with Crippen LogP contribution in [0.2, 0.25) is 0 Å². The molecule has 0 amide bonds. The van der Waals surface area contributed by atoms with Gasteiger partial charge in [0.1, 0.15) is 18.0 Å². The van der Waals surface area contributed by atoms with Gasteiger partial charge in [-0.3, -0.25) is 0 Å². The highest BCUT2D eigenvalue weighted by atomic mass is 19.4. The summed E-state index contributed by atoms with van der Waals surface area (Å²) in [5.41, 5.74) is -6.14. The molecule has 5 rings (SSSR count). The Labute approximate surface area is 182 Å². The fraction of sp³-hybridized carbons (Fsp3) is 0.550. The Bertz CT molecular complexity index is 1090. The van der Waals surface area contributed by atoms with Gasteiger partial charge in [-0.05, 0) is 41.8 Å². The molecule has 1 N–H and O–H groups in total. The summed E-state index contributed by atoms with van der Waals surface area (Å²) in [5, 5.41) is 19.4. The zero-order valence-corrected chi connectivity index (χ0v) is 17.0. The average Bonchev–Trinajstić information content (AvgIpc) is 3.16. The molecule has 3 aliphatic rings. The number of alkyl halides is 5. The summed E-state index contributed by atoms with van der Waals surface area (Å²) in [6, 6.07) is 2.12. The maximum Gasteiger partial charge on any atom is 0.425 e. The first-order valence-electron chi connectivity index (χ1n) is 9.67. The van der Waals surface area contributed by atoms with Gasteiger partial charge < -0.3 is 9.84 Å². The van der Waals surface area contributed by atoms with Gasteiger partial charge in [-0.2, -0.15) is 13.2 Å². The Morgan fingerprint density at radius 1 is 1.18 bits per heavy atom. The van der Waals surface area contributed by atoms with E-state index in [9.17, 15) is 22.0 Å². The molecule has 2 bridgehead atoms. The van der Waals surface area contributed by atoms with Crippen molar-refractivity contribution in [3.05, 3.63) is 41.7 Å². The lowest BCUT2D eigenvalue weighted by atomic mass is 9.32. The minimum absolute atomic E-state index is 0.284. The van der Waals surface area contributed by atoms with Crippen LogP contribution in [0.3, 0.4) is 0 Å². The lowest BCUT2D eigenvalue weighted by Crippen LogP contribution is -2.74. The SMILES string of the molecule is CO[C@@](Cn1cnnn1)(c1ccc(F)cc1F)C(F)(F)C12CC(C#CC(O)C(F)(F)F)(C1)C2. The van der Waals surface area contributed by atoms with E-state index in [1.54, 1.807) is 5.92 Å². The van der Waals surface area contributed by atoms with E-state index in [2.05, 4.69) is 21.4 Å². The highest BCUT2D eigenvalue weighted by Crippen LogP contribution is 2.80. The molecule has 1 heterocycles. The van der Waals surface area contributed by atoms with Gasteiger partial charge >= 0.3 is 6.18 Å². The number of nitrogens with zero attached hydrogens (tertiary/aromatic N) is 4. The highest BCUT2D eigenvalue weighted by Gasteiger charge is 2.82. The third kappa shape index (κ3) is 3.47. The maximum atomic E-state index is 16.2. The third-order valence-electron chi connectivity index (χ3n) is 6.48. The first kappa shape index (κ1) is 23.4. The molecule has 1 aromatic carbocycles. The Hall–Kier alpha value is -2.72. The summed E-state index contributed by atoms with van der Waals surface area (Å²) in [4.78, 5) is 0. The summed E-state index contributed by atoms with van der Waals surface area (Å²) in [7, 11) is 0.946. The largest absolute Gasteiger partial charge is 0.425 e. The molecular weight excluding hydrogens is 461 g/mol. The molecule has 1 aromatic heterocycles. The number of aliphatic hydroxyl groups is 1. The molecule has 0 radical (unpaired) electrons. The molecule has 2 atom stereocenters. The first-order valence-corrected chi connectivity index (χ1v) is 9.67. The minimum Gasteiger partial charge on any atom is -0.372 e. The number of aliphatic hydroxyl groups excluding tert-OH is 1. The quantitative estimate of drug-likeness (QED) is 0.510. The molecule has 13 heteroatoms. The van der Waals surface area contributed by atoms with Crippen molar-refractivity contribution in [2.45, 2.75) is 49.6 Å². The topological polar surface area (TPSA) is 73.1 Å². The van der Waals surface area contributed by atoms with Gasteiger partial charge in [-0.1, -0.05) is 11.8 Å². The van der Waals surface area contributed by atoms with E-state index in [0.29, 0.717) is 6.07 Å². The van der Waals surface area contributed by atoms with Crippen molar-refractivity contribution in [3.8, 4) is 11.8 Å². The molecule has 0 spiro atoms. The number of ether oxygens (including phenoxy) is 1. The molecule has 33 heavy (non-hydrogen) atoms. The predicted octanol–water partition coefficient (Wildman–Crippen LogP) is 3.23. The smallest absolute Gasteiger partial charge is 0.372 e. The van der Waals surface area contributed by atoms with Crippen LogP contribution in [0, 0.1) is 34.3 Å². The van der Waals surface area contributed by atoms with Crippen LogP contribution in [0.5, 0.6) is 0 Å². The molecule has 3 aliphatic carbocycles. The molecule has 3 saturated carbocycles. The van der Waals surface area contributed by atoms with Crippen molar-refractivity contribution in [1.29, 1.82) is 0 Å². The normalized spacial score (nSPS) is 26.9. The summed E-state index contributed by atoms with van der Waals surface area (Å²) >= 11 is 0. The summed E-state index contributed by atoms with van der Waals surface area (Å²) in [5.74, 6) is -2.07. The molecular formula is C20H17F7N4O2. The van der Waals surface area contributed by atoms with Gasteiger partial charge in [0.25, 0.3) is 5.92 Å². The number of halogens is 7. The Morgan fingerprint density at radius 2 is 1.85 bits per heavy atom. The molecule has 1 unspecified atom stereocenters. The predicted molar refractivity (Wildman–Crippen MR) is 96.4 cm³/mol. The monoisotopic (exact) mass is 478 g/mol. The molecule has 6 nitrogen and oxygen atoms in total. The van der Waals surface area contributed by atoms with E-state index in [-0.39, 0.29) is 19.3 Å². The highest BCUT2D eigenvalue weighted by molar-refractivity contribution is 5.39. The fourth-order valence-electron chi connectivity index (χ4n) is 4.94. The number of hydrogen-bond acceptors (Lipinski definition) is 5. The van der Waals surface area contributed by atoms with Crippen LogP contribution in [0.1, 0.15) is 24.8 Å². The minimum atomic E-state index is -4.95. The fourth-order valence-corrected chi connectivity index (χ4v) is 4.94. The Kier molecular flexibility index (Phi) is 5.25. The Balaban J connectivity index is 1.69. The molecule has 2 aromatic rings. The molecule has 178 valence electrons. The van der Waals surface area contributed by atoms with Crippen LogP contribution < -0.4 is 0 Å². The zero-order valence-electron chi connectivity index (χ0n) is 17.0. The lowest BCUT2D eigenvalue weighted by Gasteiger charge is -2.72. The van der Waals surface area contributed by atoms with E-state index in [1.165, 1.54) is 0 Å². The number of tetrazole rings is 1. The van der Waals surface area contributed by atoms with Crippen LogP contribution in [-0.2, 0) is 16.9 Å². The second-order valence-electron chi connectivity index (χ2n) is 8.54. The van der Waals surface area contributed by atoms with E-state index >= 15 is 8.78 Å². The standard InChI is InChI=1S/C20H17F7N4O2/c1-33-18(10-31-11-28-29-30-31,13-3-2-12(21)6-14(13)22)20(26,27)17-7-16(8-17,9-17)5-4-15(32)19(23,24)25/h2-3,6,11,15,32H,7-10H2,1H3/t15?,16?,17?,18-/m0/s1. The van der Waals surface area contributed by atoms with Crippen molar-refractivity contribution < 1.29 is 40.6 Å². The van der Waals surface area contributed by atoms with Crippen LogP contribution in [0.25, 0.3) is 0 Å². The van der Waals surface area contributed by atoms with Crippen molar-refractivity contribution in [2.75, 3.05) is 7.11 Å². The lowest BCUT2D eigenvalue weighted by molar-refractivity contribution is -0.360. The van der Waals surface area contributed by atoms with Crippen molar-refractivity contribution in [3.63, 3.8) is 0 Å². The van der Waals surface area contributed by atoms with Crippen LogP contribution >= 0.6 is 0 Å². The number of methoxy groups -OCH3 is 1. The second-order valence-corrected chi connectivity index (χ2v) is 8.54. The average molecular weight is 478 g/mol. The zero-order chi connectivity index (χ0) is 24.3. The van der Waals surface area contributed by atoms with Gasteiger partial charge in [-0.15, -0.1) is 5.10 Å². The second kappa shape index (κ2) is 7.39. The first-order chi connectivity index (χ1) is 15.3. The van der Waals surface area contributed by atoms with E-state index < -0.39 is 58.4 Å². The van der Waals surface area contributed by atoms with Gasteiger partial charge in [0.15, 0.2) is 5.60 Å². The Morgan fingerprint density at radius 3 is 2.36 bits per heavy atom. The van der Waals surface area contributed by atoms with Gasteiger partial charge in [0, 0.05) is 29.6 Å².